The highest BCUT2D eigenvalue weighted by Crippen LogP contribution is 2.12. The van der Waals surface area contributed by atoms with Gasteiger partial charge in [0.05, 0.1) is 6.61 Å². The minimum absolute atomic E-state index is 0.136. The predicted octanol–water partition coefficient (Wildman–Crippen LogP) is 1.82. The van der Waals surface area contributed by atoms with Crippen LogP contribution in [0, 0.1) is 0 Å². The summed E-state index contributed by atoms with van der Waals surface area (Å²) in [5.74, 6) is 1.61. The molecule has 1 aromatic rings. The molecular weight excluding hydrogens is 228 g/mol. The van der Waals surface area contributed by atoms with E-state index in [1.165, 1.54) is 0 Å². The van der Waals surface area contributed by atoms with Crippen LogP contribution >= 0.6 is 11.6 Å². The molecular formula is C10H17ClN4O. The first-order chi connectivity index (χ1) is 7.72. The van der Waals surface area contributed by atoms with Gasteiger partial charge in [0, 0.05) is 11.9 Å². The van der Waals surface area contributed by atoms with Crippen molar-refractivity contribution >= 4 is 23.4 Å². The van der Waals surface area contributed by atoms with Gasteiger partial charge in [0.25, 0.3) is 0 Å². The van der Waals surface area contributed by atoms with Gasteiger partial charge in [-0.1, -0.05) is 12.8 Å². The highest BCUT2D eigenvalue weighted by atomic mass is 35.5. The zero-order chi connectivity index (χ0) is 11.8. The van der Waals surface area contributed by atoms with Crippen LogP contribution in [0.5, 0.6) is 5.88 Å². The standard InChI is InChI=1S/C10H17ClN4O/c11-5-3-1-2-4-6-16-9-7-8(12)14-10(13)15-9/h7H,1-6H2,(H4,12,13,14,15). The third kappa shape index (κ3) is 5.02. The summed E-state index contributed by atoms with van der Waals surface area (Å²) in [6.45, 7) is 0.609. The minimum atomic E-state index is 0.136. The molecule has 0 bridgehead atoms. The Morgan fingerprint density at radius 1 is 1.12 bits per heavy atom. The Bertz CT molecular complexity index is 301. The molecule has 90 valence electrons. The third-order valence-electron chi connectivity index (χ3n) is 2.02. The Hall–Kier alpha value is -1.23. The van der Waals surface area contributed by atoms with E-state index in [4.69, 9.17) is 27.8 Å². The first-order valence-corrected chi connectivity index (χ1v) is 5.84. The Balaban J connectivity index is 2.21. The highest BCUT2D eigenvalue weighted by molar-refractivity contribution is 6.17. The van der Waals surface area contributed by atoms with Crippen LogP contribution in [0.15, 0.2) is 6.07 Å². The van der Waals surface area contributed by atoms with Crippen molar-refractivity contribution in [1.82, 2.24) is 9.97 Å². The van der Waals surface area contributed by atoms with Gasteiger partial charge in [-0.05, 0) is 12.8 Å². The molecule has 0 atom stereocenters. The quantitative estimate of drug-likeness (QED) is 0.564. The van der Waals surface area contributed by atoms with E-state index in [9.17, 15) is 0 Å². The Morgan fingerprint density at radius 3 is 2.56 bits per heavy atom. The van der Waals surface area contributed by atoms with E-state index in [1.807, 2.05) is 0 Å². The Morgan fingerprint density at radius 2 is 1.88 bits per heavy atom. The molecule has 0 fully saturated rings. The van der Waals surface area contributed by atoms with Crippen LogP contribution < -0.4 is 16.2 Å². The van der Waals surface area contributed by atoms with Gasteiger partial charge < -0.3 is 16.2 Å². The number of rotatable bonds is 7. The SMILES string of the molecule is Nc1cc(OCCCCCCCl)nc(N)n1. The Labute approximate surface area is 100 Å². The Kier molecular flexibility index (Phi) is 5.71. The minimum Gasteiger partial charge on any atom is -0.477 e. The van der Waals surface area contributed by atoms with Crippen LogP contribution in [0.2, 0.25) is 0 Å². The predicted molar refractivity (Wildman–Crippen MR) is 65.5 cm³/mol. The van der Waals surface area contributed by atoms with E-state index in [0.717, 1.165) is 31.6 Å². The number of hydrogen-bond acceptors (Lipinski definition) is 5. The molecule has 0 saturated carbocycles. The van der Waals surface area contributed by atoms with Crippen molar-refractivity contribution in [2.75, 3.05) is 24.0 Å². The molecule has 0 aliphatic carbocycles. The van der Waals surface area contributed by atoms with Gasteiger partial charge >= 0.3 is 0 Å². The molecule has 1 heterocycles. The highest BCUT2D eigenvalue weighted by Gasteiger charge is 2.00. The number of halogens is 1. The van der Waals surface area contributed by atoms with Crippen molar-refractivity contribution in [2.45, 2.75) is 25.7 Å². The average Bonchev–Trinajstić information content (AvgIpc) is 2.22. The lowest BCUT2D eigenvalue weighted by atomic mass is 10.2. The van der Waals surface area contributed by atoms with E-state index in [-0.39, 0.29) is 5.95 Å². The molecule has 6 heteroatoms. The summed E-state index contributed by atoms with van der Waals surface area (Å²) < 4.78 is 5.40. The molecule has 5 nitrogen and oxygen atoms in total. The van der Waals surface area contributed by atoms with E-state index >= 15 is 0 Å². The molecule has 0 saturated heterocycles. The van der Waals surface area contributed by atoms with Gasteiger partial charge in [0.2, 0.25) is 11.8 Å². The number of alkyl halides is 1. The zero-order valence-corrected chi connectivity index (χ0v) is 9.91. The van der Waals surface area contributed by atoms with E-state index in [1.54, 1.807) is 6.07 Å². The first-order valence-electron chi connectivity index (χ1n) is 5.31. The summed E-state index contributed by atoms with van der Waals surface area (Å²) in [7, 11) is 0. The normalized spacial score (nSPS) is 10.3. The molecule has 0 spiro atoms. The summed E-state index contributed by atoms with van der Waals surface area (Å²) >= 11 is 5.57. The molecule has 0 aliphatic rings. The van der Waals surface area contributed by atoms with Crippen LogP contribution in [0.4, 0.5) is 11.8 Å². The van der Waals surface area contributed by atoms with Crippen molar-refractivity contribution in [1.29, 1.82) is 0 Å². The van der Waals surface area contributed by atoms with Gasteiger partial charge in [-0.15, -0.1) is 11.6 Å². The molecule has 0 unspecified atom stereocenters. The van der Waals surface area contributed by atoms with E-state index in [0.29, 0.717) is 18.3 Å². The molecule has 0 aromatic carbocycles. The largest absolute Gasteiger partial charge is 0.477 e. The van der Waals surface area contributed by atoms with Crippen molar-refractivity contribution in [2.24, 2.45) is 0 Å². The fourth-order valence-electron chi connectivity index (χ4n) is 1.26. The molecule has 0 amide bonds. The summed E-state index contributed by atoms with van der Waals surface area (Å²) in [6, 6.07) is 1.56. The first kappa shape index (κ1) is 12.8. The van der Waals surface area contributed by atoms with Crippen LogP contribution in [-0.2, 0) is 0 Å². The van der Waals surface area contributed by atoms with Crippen LogP contribution in [0.1, 0.15) is 25.7 Å². The lowest BCUT2D eigenvalue weighted by molar-refractivity contribution is 0.294. The summed E-state index contributed by atoms with van der Waals surface area (Å²) in [4.78, 5) is 7.66. The second-order valence-corrected chi connectivity index (χ2v) is 3.82. The summed E-state index contributed by atoms with van der Waals surface area (Å²) in [5, 5.41) is 0. The monoisotopic (exact) mass is 244 g/mol. The molecule has 1 aromatic heterocycles. The fourth-order valence-corrected chi connectivity index (χ4v) is 1.45. The molecule has 0 aliphatic heterocycles. The molecule has 1 rings (SSSR count). The van der Waals surface area contributed by atoms with Gasteiger partial charge in [0.15, 0.2) is 0 Å². The van der Waals surface area contributed by atoms with Gasteiger partial charge in [0.1, 0.15) is 5.82 Å². The maximum Gasteiger partial charge on any atom is 0.225 e. The zero-order valence-electron chi connectivity index (χ0n) is 9.16. The summed E-state index contributed by atoms with van der Waals surface area (Å²) in [5.41, 5.74) is 10.9. The molecule has 16 heavy (non-hydrogen) atoms. The van der Waals surface area contributed by atoms with Crippen LogP contribution in [0.3, 0.4) is 0 Å². The number of unbranched alkanes of at least 4 members (excludes halogenated alkanes) is 3. The smallest absolute Gasteiger partial charge is 0.225 e. The number of anilines is 2. The van der Waals surface area contributed by atoms with Gasteiger partial charge in [-0.25, -0.2) is 0 Å². The van der Waals surface area contributed by atoms with Crippen LogP contribution in [-0.4, -0.2) is 22.5 Å². The number of nitrogen functional groups attached to an aromatic ring is 2. The fraction of sp³-hybridized carbons (Fsp3) is 0.600. The molecule has 0 radical (unpaired) electrons. The van der Waals surface area contributed by atoms with E-state index < -0.39 is 0 Å². The van der Waals surface area contributed by atoms with Crippen molar-refractivity contribution in [3.05, 3.63) is 6.07 Å². The van der Waals surface area contributed by atoms with Crippen molar-refractivity contribution in [3.63, 3.8) is 0 Å². The summed E-state index contributed by atoms with van der Waals surface area (Å²) in [6.07, 6.45) is 4.25. The number of nitrogens with two attached hydrogens (primary N) is 2. The number of hydrogen-bond donors (Lipinski definition) is 2. The second kappa shape index (κ2) is 7.11. The lowest BCUT2D eigenvalue weighted by Crippen LogP contribution is -2.04. The second-order valence-electron chi connectivity index (χ2n) is 3.44. The number of nitrogens with zero attached hydrogens (tertiary/aromatic N) is 2. The van der Waals surface area contributed by atoms with Gasteiger partial charge in [-0.3, -0.25) is 0 Å². The topological polar surface area (TPSA) is 87.0 Å². The number of ether oxygens (including phenoxy) is 1. The average molecular weight is 245 g/mol. The maximum atomic E-state index is 5.57. The van der Waals surface area contributed by atoms with Crippen molar-refractivity contribution in [3.8, 4) is 5.88 Å². The van der Waals surface area contributed by atoms with E-state index in [2.05, 4.69) is 9.97 Å². The van der Waals surface area contributed by atoms with Crippen LogP contribution in [0.25, 0.3) is 0 Å². The van der Waals surface area contributed by atoms with Gasteiger partial charge in [-0.2, -0.15) is 9.97 Å². The molecule has 4 N–H and O–H groups in total. The van der Waals surface area contributed by atoms with Crippen molar-refractivity contribution < 1.29 is 4.74 Å². The maximum absolute atomic E-state index is 5.57. The number of aromatic nitrogens is 2. The third-order valence-corrected chi connectivity index (χ3v) is 2.28. The lowest BCUT2D eigenvalue weighted by Gasteiger charge is -2.05.